The summed E-state index contributed by atoms with van der Waals surface area (Å²) >= 11 is 0. The van der Waals surface area contributed by atoms with Crippen LogP contribution in [0.25, 0.3) is 5.69 Å². The van der Waals surface area contributed by atoms with Gasteiger partial charge in [0.15, 0.2) is 5.69 Å². The third-order valence-electron chi connectivity index (χ3n) is 4.06. The fraction of sp³-hybridized carbons (Fsp3) is 0.400. The predicted octanol–water partition coefficient (Wildman–Crippen LogP) is 1.69. The summed E-state index contributed by atoms with van der Waals surface area (Å²) in [6, 6.07) is 5.86. The molecule has 1 aliphatic carbocycles. The number of rotatable bonds is 4. The van der Waals surface area contributed by atoms with Crippen molar-refractivity contribution in [3.8, 4) is 5.69 Å². The third kappa shape index (κ3) is 3.86. The standard InChI is InChI=1S/C15H18FN5O.ClH/c16-11-4-6-12(7-5-11)21-18-9-14(20-21)15(22)19-13-3-1-2-10(13)8-17;/h4-7,9-10,13H,1-3,8,17H2,(H,19,22);1H. The molecule has 1 saturated carbocycles. The van der Waals surface area contributed by atoms with Crippen LogP contribution in [-0.2, 0) is 0 Å². The van der Waals surface area contributed by atoms with Crippen LogP contribution < -0.4 is 11.1 Å². The number of hydrogen-bond acceptors (Lipinski definition) is 4. The summed E-state index contributed by atoms with van der Waals surface area (Å²) in [4.78, 5) is 13.5. The van der Waals surface area contributed by atoms with E-state index in [1.165, 1.54) is 23.1 Å². The average molecular weight is 340 g/mol. The molecular formula is C15H19ClFN5O. The molecule has 8 heteroatoms. The second-order valence-electron chi connectivity index (χ2n) is 5.50. The van der Waals surface area contributed by atoms with Gasteiger partial charge in [-0.1, -0.05) is 6.42 Å². The highest BCUT2D eigenvalue weighted by atomic mass is 35.5. The average Bonchev–Trinajstić information content (AvgIpc) is 3.16. The predicted molar refractivity (Wildman–Crippen MR) is 86.2 cm³/mol. The van der Waals surface area contributed by atoms with Gasteiger partial charge in [0.1, 0.15) is 5.82 Å². The second-order valence-corrected chi connectivity index (χ2v) is 5.50. The Morgan fingerprint density at radius 2 is 2.09 bits per heavy atom. The highest BCUT2D eigenvalue weighted by Crippen LogP contribution is 2.24. The van der Waals surface area contributed by atoms with E-state index in [-0.39, 0.29) is 35.9 Å². The molecule has 1 fully saturated rings. The van der Waals surface area contributed by atoms with Crippen LogP contribution in [-0.4, -0.2) is 33.5 Å². The smallest absolute Gasteiger partial charge is 0.273 e. The Morgan fingerprint density at radius 3 is 2.78 bits per heavy atom. The molecule has 1 aromatic carbocycles. The van der Waals surface area contributed by atoms with E-state index in [1.807, 2.05) is 0 Å². The molecule has 2 atom stereocenters. The van der Waals surface area contributed by atoms with E-state index in [9.17, 15) is 9.18 Å². The van der Waals surface area contributed by atoms with Gasteiger partial charge in [-0.2, -0.15) is 9.90 Å². The van der Waals surface area contributed by atoms with Crippen molar-refractivity contribution in [2.75, 3.05) is 6.54 Å². The first-order valence-electron chi connectivity index (χ1n) is 7.36. The number of nitrogens with two attached hydrogens (primary N) is 1. The first-order valence-corrected chi connectivity index (χ1v) is 7.36. The number of benzene rings is 1. The lowest BCUT2D eigenvalue weighted by Gasteiger charge is -2.18. The molecule has 3 N–H and O–H groups in total. The summed E-state index contributed by atoms with van der Waals surface area (Å²) in [5.41, 5.74) is 6.56. The van der Waals surface area contributed by atoms with E-state index in [0.29, 0.717) is 18.2 Å². The van der Waals surface area contributed by atoms with Gasteiger partial charge >= 0.3 is 0 Å². The summed E-state index contributed by atoms with van der Waals surface area (Å²) < 4.78 is 12.9. The molecule has 124 valence electrons. The highest BCUT2D eigenvalue weighted by Gasteiger charge is 2.28. The molecule has 3 rings (SSSR count). The number of nitrogens with zero attached hydrogens (tertiary/aromatic N) is 3. The van der Waals surface area contributed by atoms with E-state index in [2.05, 4.69) is 15.5 Å². The topological polar surface area (TPSA) is 85.8 Å². The summed E-state index contributed by atoms with van der Waals surface area (Å²) in [6.45, 7) is 0.577. The van der Waals surface area contributed by atoms with Crippen molar-refractivity contribution in [3.63, 3.8) is 0 Å². The fourth-order valence-electron chi connectivity index (χ4n) is 2.82. The monoisotopic (exact) mass is 339 g/mol. The first-order chi connectivity index (χ1) is 10.7. The first kappa shape index (κ1) is 17.4. The van der Waals surface area contributed by atoms with E-state index >= 15 is 0 Å². The van der Waals surface area contributed by atoms with Crippen LogP contribution in [0.15, 0.2) is 30.5 Å². The molecule has 1 aromatic heterocycles. The van der Waals surface area contributed by atoms with Gasteiger partial charge < -0.3 is 11.1 Å². The second kappa shape index (κ2) is 7.52. The zero-order valence-electron chi connectivity index (χ0n) is 12.5. The quantitative estimate of drug-likeness (QED) is 0.887. The molecule has 0 bridgehead atoms. The molecule has 0 aliphatic heterocycles. The number of amides is 1. The molecule has 1 amide bonds. The fourth-order valence-corrected chi connectivity index (χ4v) is 2.82. The summed E-state index contributed by atoms with van der Waals surface area (Å²) in [6.07, 6.45) is 4.48. The van der Waals surface area contributed by atoms with E-state index in [4.69, 9.17) is 5.73 Å². The number of hydrogen-bond donors (Lipinski definition) is 2. The van der Waals surface area contributed by atoms with Crippen LogP contribution in [0.2, 0.25) is 0 Å². The lowest BCUT2D eigenvalue weighted by molar-refractivity contribution is 0.0923. The number of nitrogens with one attached hydrogen (secondary N) is 1. The van der Waals surface area contributed by atoms with Crippen molar-refractivity contribution < 1.29 is 9.18 Å². The lowest BCUT2D eigenvalue weighted by atomic mass is 10.0. The van der Waals surface area contributed by atoms with E-state index in [0.717, 1.165) is 19.3 Å². The highest BCUT2D eigenvalue weighted by molar-refractivity contribution is 5.92. The number of aromatic nitrogens is 3. The van der Waals surface area contributed by atoms with Crippen molar-refractivity contribution in [3.05, 3.63) is 42.0 Å². The summed E-state index contributed by atoms with van der Waals surface area (Å²) in [7, 11) is 0. The Morgan fingerprint density at radius 1 is 1.35 bits per heavy atom. The van der Waals surface area contributed by atoms with Crippen LogP contribution in [0.4, 0.5) is 4.39 Å². The van der Waals surface area contributed by atoms with Gasteiger partial charge in [-0.15, -0.1) is 17.5 Å². The Hall–Kier alpha value is -1.99. The van der Waals surface area contributed by atoms with E-state index < -0.39 is 0 Å². The SMILES string of the molecule is Cl.NCC1CCCC1NC(=O)c1cnn(-c2ccc(F)cc2)n1. The number of halogens is 2. The minimum atomic E-state index is -0.331. The minimum absolute atomic E-state index is 0. The Balaban J connectivity index is 0.00000192. The lowest BCUT2D eigenvalue weighted by Crippen LogP contribution is -2.40. The van der Waals surface area contributed by atoms with Crippen LogP contribution in [0.5, 0.6) is 0 Å². The molecule has 2 unspecified atom stereocenters. The van der Waals surface area contributed by atoms with Gasteiger partial charge in [0.05, 0.1) is 11.9 Å². The summed E-state index contributed by atoms with van der Waals surface area (Å²) in [5, 5.41) is 11.2. The van der Waals surface area contributed by atoms with Gasteiger partial charge in [0.25, 0.3) is 5.91 Å². The minimum Gasteiger partial charge on any atom is -0.348 e. The van der Waals surface area contributed by atoms with Crippen LogP contribution in [0, 0.1) is 11.7 Å². The van der Waals surface area contributed by atoms with Gasteiger partial charge in [0, 0.05) is 6.04 Å². The van der Waals surface area contributed by atoms with Crippen LogP contribution in [0.3, 0.4) is 0 Å². The normalized spacial score (nSPS) is 20.1. The zero-order valence-corrected chi connectivity index (χ0v) is 13.3. The zero-order chi connectivity index (χ0) is 15.5. The third-order valence-corrected chi connectivity index (χ3v) is 4.06. The number of carbonyl (C=O) groups is 1. The maximum Gasteiger partial charge on any atom is 0.273 e. The Bertz CT molecular complexity index is 660. The van der Waals surface area contributed by atoms with E-state index in [1.54, 1.807) is 12.1 Å². The van der Waals surface area contributed by atoms with Crippen molar-refractivity contribution in [2.24, 2.45) is 11.7 Å². The van der Waals surface area contributed by atoms with Gasteiger partial charge in [-0.05, 0) is 49.6 Å². The molecule has 0 saturated heterocycles. The van der Waals surface area contributed by atoms with Crippen molar-refractivity contribution in [1.82, 2.24) is 20.3 Å². The Kier molecular flexibility index (Phi) is 5.68. The maximum absolute atomic E-state index is 12.9. The van der Waals surface area contributed by atoms with Gasteiger partial charge in [-0.3, -0.25) is 4.79 Å². The molecular weight excluding hydrogens is 321 g/mol. The maximum atomic E-state index is 12.9. The summed E-state index contributed by atoms with van der Waals surface area (Å²) in [5.74, 6) is -0.252. The van der Waals surface area contributed by atoms with Crippen molar-refractivity contribution in [1.29, 1.82) is 0 Å². The molecule has 1 aliphatic rings. The molecule has 2 aromatic rings. The molecule has 6 nitrogen and oxygen atoms in total. The molecule has 23 heavy (non-hydrogen) atoms. The van der Waals surface area contributed by atoms with Crippen molar-refractivity contribution in [2.45, 2.75) is 25.3 Å². The number of carbonyl (C=O) groups excluding carboxylic acids is 1. The largest absolute Gasteiger partial charge is 0.348 e. The van der Waals surface area contributed by atoms with Crippen LogP contribution in [0.1, 0.15) is 29.8 Å². The molecule has 1 heterocycles. The van der Waals surface area contributed by atoms with Gasteiger partial charge in [-0.25, -0.2) is 4.39 Å². The molecule has 0 spiro atoms. The van der Waals surface area contributed by atoms with Crippen LogP contribution >= 0.6 is 12.4 Å². The molecule has 0 radical (unpaired) electrons. The van der Waals surface area contributed by atoms with Gasteiger partial charge in [0.2, 0.25) is 0 Å². The Labute approximate surface area is 139 Å². The van der Waals surface area contributed by atoms with Crippen molar-refractivity contribution >= 4 is 18.3 Å².